The smallest absolute Gasteiger partial charge is 0.255 e. The molecule has 2 rings (SSSR count). The molecule has 6 nitrogen and oxygen atoms in total. The van der Waals surface area contributed by atoms with Crippen LogP contribution in [-0.4, -0.2) is 48.4 Å². The predicted molar refractivity (Wildman–Crippen MR) is 82.8 cm³/mol. The zero-order valence-electron chi connectivity index (χ0n) is 13.0. The second-order valence-electron chi connectivity index (χ2n) is 5.40. The molecular formula is C16H23N3O3. The van der Waals surface area contributed by atoms with Gasteiger partial charge in [0.2, 0.25) is 11.8 Å². The van der Waals surface area contributed by atoms with Crippen LogP contribution < -0.4 is 10.1 Å². The second kappa shape index (κ2) is 8.36. The number of ether oxygens (including phenoxy) is 1. The maximum absolute atomic E-state index is 12.6. The van der Waals surface area contributed by atoms with Gasteiger partial charge in [-0.25, -0.2) is 4.98 Å². The summed E-state index contributed by atoms with van der Waals surface area (Å²) in [5.41, 5.74) is 0.524. The number of methoxy groups -OCH3 is 1. The number of rotatable bonds is 2. The zero-order valence-corrected chi connectivity index (χ0v) is 13.0. The highest BCUT2D eigenvalue weighted by atomic mass is 16.5. The van der Waals surface area contributed by atoms with E-state index in [0.717, 1.165) is 32.2 Å². The molecule has 1 fully saturated rings. The SMILES string of the molecule is COc1ccc(C(=O)N2CCCCCCNC(=O)CC2)cn1. The van der Waals surface area contributed by atoms with E-state index in [9.17, 15) is 9.59 Å². The maximum Gasteiger partial charge on any atom is 0.255 e. The average molecular weight is 305 g/mol. The van der Waals surface area contributed by atoms with Crippen molar-refractivity contribution in [1.82, 2.24) is 15.2 Å². The minimum Gasteiger partial charge on any atom is -0.481 e. The molecule has 22 heavy (non-hydrogen) atoms. The number of carbonyl (C=O) groups is 2. The number of amides is 2. The first-order valence-corrected chi connectivity index (χ1v) is 7.76. The molecule has 1 N–H and O–H groups in total. The number of nitrogens with one attached hydrogen (secondary N) is 1. The van der Waals surface area contributed by atoms with Crippen molar-refractivity contribution in [2.24, 2.45) is 0 Å². The van der Waals surface area contributed by atoms with Crippen molar-refractivity contribution in [1.29, 1.82) is 0 Å². The van der Waals surface area contributed by atoms with Crippen molar-refractivity contribution in [3.63, 3.8) is 0 Å². The Kier molecular flexibility index (Phi) is 6.18. The fraction of sp³-hybridized carbons (Fsp3) is 0.562. The molecule has 0 saturated carbocycles. The Morgan fingerprint density at radius 1 is 1.23 bits per heavy atom. The first-order chi connectivity index (χ1) is 10.7. The van der Waals surface area contributed by atoms with Gasteiger partial charge in [0.15, 0.2) is 0 Å². The molecule has 0 aliphatic carbocycles. The van der Waals surface area contributed by atoms with Crippen LogP contribution in [0.3, 0.4) is 0 Å². The van der Waals surface area contributed by atoms with Crippen molar-refractivity contribution in [3.05, 3.63) is 23.9 Å². The molecule has 2 heterocycles. The highest BCUT2D eigenvalue weighted by Gasteiger charge is 2.17. The molecule has 1 aliphatic heterocycles. The molecule has 0 unspecified atom stereocenters. The lowest BCUT2D eigenvalue weighted by molar-refractivity contribution is -0.121. The molecule has 6 heteroatoms. The summed E-state index contributed by atoms with van der Waals surface area (Å²) in [4.78, 5) is 30.1. The molecule has 0 atom stereocenters. The molecule has 1 saturated heterocycles. The van der Waals surface area contributed by atoms with E-state index in [2.05, 4.69) is 10.3 Å². The van der Waals surface area contributed by atoms with Gasteiger partial charge in [-0.1, -0.05) is 12.8 Å². The molecule has 1 aliphatic rings. The van der Waals surface area contributed by atoms with E-state index < -0.39 is 0 Å². The van der Waals surface area contributed by atoms with E-state index in [4.69, 9.17) is 4.74 Å². The van der Waals surface area contributed by atoms with E-state index in [0.29, 0.717) is 31.0 Å². The molecule has 120 valence electrons. The van der Waals surface area contributed by atoms with E-state index in [-0.39, 0.29) is 11.8 Å². The molecule has 0 spiro atoms. The second-order valence-corrected chi connectivity index (χ2v) is 5.40. The van der Waals surface area contributed by atoms with E-state index in [1.54, 1.807) is 17.0 Å². The van der Waals surface area contributed by atoms with Gasteiger partial charge in [-0.3, -0.25) is 9.59 Å². The van der Waals surface area contributed by atoms with Crippen molar-refractivity contribution in [3.8, 4) is 5.88 Å². The molecule has 1 aromatic heterocycles. The van der Waals surface area contributed by atoms with Gasteiger partial charge in [0, 0.05) is 38.3 Å². The molecule has 0 radical (unpaired) electrons. The molecule has 2 amide bonds. The topological polar surface area (TPSA) is 71.5 Å². The van der Waals surface area contributed by atoms with Crippen LogP contribution in [-0.2, 0) is 4.79 Å². The summed E-state index contributed by atoms with van der Waals surface area (Å²) in [5, 5.41) is 2.89. The van der Waals surface area contributed by atoms with Crippen LogP contribution in [0.1, 0.15) is 42.5 Å². The first kappa shape index (κ1) is 16.3. The molecule has 1 aromatic rings. The van der Waals surface area contributed by atoms with Crippen LogP contribution in [0.5, 0.6) is 5.88 Å². The van der Waals surface area contributed by atoms with E-state index in [1.807, 2.05) is 0 Å². The lowest BCUT2D eigenvalue weighted by atomic mass is 10.1. The van der Waals surface area contributed by atoms with E-state index >= 15 is 0 Å². The van der Waals surface area contributed by atoms with Crippen molar-refractivity contribution in [2.45, 2.75) is 32.1 Å². The number of hydrogen-bond donors (Lipinski definition) is 1. The number of nitrogens with zero attached hydrogens (tertiary/aromatic N) is 2. The Morgan fingerprint density at radius 2 is 2.05 bits per heavy atom. The number of carbonyl (C=O) groups excluding carboxylic acids is 2. The Bertz CT molecular complexity index is 502. The molecule has 0 bridgehead atoms. The van der Waals surface area contributed by atoms with Gasteiger partial charge in [0.1, 0.15) is 0 Å². The summed E-state index contributed by atoms with van der Waals surface area (Å²) in [6.07, 6.45) is 5.97. The predicted octanol–water partition coefficient (Wildman–Crippen LogP) is 1.61. The standard InChI is InChI=1S/C16H23N3O3/c1-22-15-7-6-13(12-18-15)16(21)19-10-5-3-2-4-9-17-14(20)8-11-19/h6-7,12H,2-5,8-11H2,1H3,(H,17,20). The third-order valence-corrected chi connectivity index (χ3v) is 3.77. The monoisotopic (exact) mass is 305 g/mol. The number of pyridine rings is 1. The van der Waals surface area contributed by atoms with Gasteiger partial charge in [0.25, 0.3) is 5.91 Å². The van der Waals surface area contributed by atoms with Gasteiger partial charge in [-0.15, -0.1) is 0 Å². The van der Waals surface area contributed by atoms with Crippen LogP contribution in [0, 0.1) is 0 Å². The summed E-state index contributed by atoms with van der Waals surface area (Å²) < 4.78 is 5.00. The van der Waals surface area contributed by atoms with Gasteiger partial charge < -0.3 is 15.0 Å². The minimum absolute atomic E-state index is 0.00700. The summed E-state index contributed by atoms with van der Waals surface area (Å²) >= 11 is 0. The largest absolute Gasteiger partial charge is 0.481 e. The summed E-state index contributed by atoms with van der Waals surface area (Å²) in [7, 11) is 1.54. The third kappa shape index (κ3) is 4.72. The van der Waals surface area contributed by atoms with Crippen molar-refractivity contribution in [2.75, 3.05) is 26.7 Å². The van der Waals surface area contributed by atoms with Crippen molar-refractivity contribution >= 4 is 11.8 Å². The van der Waals surface area contributed by atoms with Gasteiger partial charge >= 0.3 is 0 Å². The van der Waals surface area contributed by atoms with Gasteiger partial charge in [0.05, 0.1) is 12.7 Å². The fourth-order valence-electron chi connectivity index (χ4n) is 2.46. The average Bonchev–Trinajstić information content (AvgIpc) is 2.60. The summed E-state index contributed by atoms with van der Waals surface area (Å²) in [6, 6.07) is 3.38. The van der Waals surface area contributed by atoms with Crippen LogP contribution in [0.15, 0.2) is 18.3 Å². The normalized spacial score (nSPS) is 17.3. The summed E-state index contributed by atoms with van der Waals surface area (Å²) in [6.45, 7) is 1.85. The number of hydrogen-bond acceptors (Lipinski definition) is 4. The minimum atomic E-state index is -0.0813. The number of aromatic nitrogens is 1. The fourth-order valence-corrected chi connectivity index (χ4v) is 2.46. The maximum atomic E-state index is 12.6. The molecule has 0 aromatic carbocycles. The van der Waals surface area contributed by atoms with E-state index in [1.165, 1.54) is 13.3 Å². The summed E-state index contributed by atoms with van der Waals surface area (Å²) in [5.74, 6) is 0.406. The van der Waals surface area contributed by atoms with Crippen molar-refractivity contribution < 1.29 is 14.3 Å². The lowest BCUT2D eigenvalue weighted by Gasteiger charge is -2.22. The van der Waals surface area contributed by atoms with Gasteiger partial charge in [-0.2, -0.15) is 0 Å². The highest BCUT2D eigenvalue weighted by molar-refractivity contribution is 5.94. The first-order valence-electron chi connectivity index (χ1n) is 7.76. The Labute approximate surface area is 130 Å². The quantitative estimate of drug-likeness (QED) is 0.901. The Morgan fingerprint density at radius 3 is 2.77 bits per heavy atom. The van der Waals surface area contributed by atoms with Crippen LogP contribution in [0.2, 0.25) is 0 Å². The highest BCUT2D eigenvalue weighted by Crippen LogP contribution is 2.12. The van der Waals surface area contributed by atoms with Crippen LogP contribution >= 0.6 is 0 Å². The lowest BCUT2D eigenvalue weighted by Crippen LogP contribution is -2.35. The van der Waals surface area contributed by atoms with Crippen LogP contribution in [0.4, 0.5) is 0 Å². The molecular weight excluding hydrogens is 282 g/mol. The van der Waals surface area contributed by atoms with Gasteiger partial charge in [-0.05, 0) is 18.9 Å². The van der Waals surface area contributed by atoms with Crippen LogP contribution in [0.25, 0.3) is 0 Å². The third-order valence-electron chi connectivity index (χ3n) is 3.77. The Balaban J connectivity index is 2.04. The Hall–Kier alpha value is -2.11. The zero-order chi connectivity index (χ0) is 15.8.